The molecule has 0 aliphatic heterocycles. The largest absolute Gasteiger partial charge is 0.480 e. The molecule has 0 unspecified atom stereocenters. The lowest BCUT2D eigenvalue weighted by Crippen LogP contribution is -2.21. The molecule has 0 radical (unpaired) electrons. The number of rotatable bonds is 3. The van der Waals surface area contributed by atoms with Crippen LogP contribution in [0.1, 0.15) is 19.8 Å². The second kappa shape index (κ2) is 5.19. The van der Waals surface area contributed by atoms with E-state index in [1.54, 1.807) is 0 Å². The van der Waals surface area contributed by atoms with Crippen molar-refractivity contribution in [2.45, 2.75) is 19.8 Å². The van der Waals surface area contributed by atoms with E-state index in [1.165, 1.54) is 0 Å². The van der Waals surface area contributed by atoms with Crippen molar-refractivity contribution < 1.29 is 19.8 Å². The lowest BCUT2D eigenvalue weighted by Gasteiger charge is -1.95. The molecule has 0 rings (SSSR count). The van der Waals surface area contributed by atoms with Crippen LogP contribution in [0.3, 0.4) is 0 Å². The third-order valence-electron chi connectivity index (χ3n) is 1.12. The van der Waals surface area contributed by atoms with E-state index in [2.05, 4.69) is 11.8 Å². The van der Waals surface area contributed by atoms with Crippen molar-refractivity contribution in [1.82, 2.24) is 0 Å². The highest BCUT2D eigenvalue weighted by molar-refractivity contribution is 5.96. The Bertz CT molecular complexity index is 219. The molecule has 0 fully saturated rings. The Morgan fingerprint density at radius 2 is 1.83 bits per heavy atom. The molecule has 0 aliphatic rings. The highest BCUT2D eigenvalue weighted by atomic mass is 16.4. The molecule has 0 saturated heterocycles. The van der Waals surface area contributed by atoms with E-state index in [4.69, 9.17) is 10.2 Å². The van der Waals surface area contributed by atoms with Gasteiger partial charge < -0.3 is 10.2 Å². The average Bonchev–Trinajstić information content (AvgIpc) is 1.96. The monoisotopic (exact) mass is 170 g/mol. The van der Waals surface area contributed by atoms with Crippen molar-refractivity contribution in [3.8, 4) is 11.8 Å². The van der Waals surface area contributed by atoms with Crippen LogP contribution in [0.25, 0.3) is 0 Å². The van der Waals surface area contributed by atoms with Gasteiger partial charge in [-0.2, -0.15) is 0 Å². The Balaban J connectivity index is 4.26. The van der Waals surface area contributed by atoms with Crippen molar-refractivity contribution >= 4 is 11.9 Å². The predicted molar refractivity (Wildman–Crippen MR) is 41.4 cm³/mol. The molecule has 0 aromatic carbocycles. The number of hydrogen-bond acceptors (Lipinski definition) is 2. The number of carboxylic acid groups (broad SMARTS) is 2. The third-order valence-corrected chi connectivity index (χ3v) is 1.12. The van der Waals surface area contributed by atoms with Gasteiger partial charge in [0.2, 0.25) is 5.92 Å². The zero-order valence-corrected chi connectivity index (χ0v) is 6.70. The minimum Gasteiger partial charge on any atom is -0.480 e. The fourth-order valence-electron chi connectivity index (χ4n) is 0.528. The molecule has 66 valence electrons. The van der Waals surface area contributed by atoms with Crippen LogP contribution >= 0.6 is 0 Å². The summed E-state index contributed by atoms with van der Waals surface area (Å²) in [5.74, 6) is 0.248. The van der Waals surface area contributed by atoms with Crippen molar-refractivity contribution in [3.05, 3.63) is 0 Å². The highest BCUT2D eigenvalue weighted by Crippen LogP contribution is 1.95. The van der Waals surface area contributed by atoms with Crippen LogP contribution in [0, 0.1) is 17.8 Å². The van der Waals surface area contributed by atoms with Gasteiger partial charge in [0.25, 0.3) is 0 Å². The molecular formula is C8H10O4. The van der Waals surface area contributed by atoms with Crippen LogP contribution in [-0.2, 0) is 9.59 Å². The first-order valence-electron chi connectivity index (χ1n) is 3.53. The molecule has 12 heavy (non-hydrogen) atoms. The van der Waals surface area contributed by atoms with Crippen LogP contribution in [0.4, 0.5) is 0 Å². The maximum absolute atomic E-state index is 10.3. The van der Waals surface area contributed by atoms with Gasteiger partial charge in [0.1, 0.15) is 0 Å². The van der Waals surface area contributed by atoms with Gasteiger partial charge in [-0.3, -0.25) is 9.59 Å². The standard InChI is InChI=1S/C8H10O4/c1-2-3-4-5-6(7(9)10)8(11)12/h6H,2-3H2,1H3,(H,9,10)(H,11,12). The van der Waals surface area contributed by atoms with Gasteiger partial charge >= 0.3 is 11.9 Å². The van der Waals surface area contributed by atoms with Gasteiger partial charge in [0, 0.05) is 6.42 Å². The van der Waals surface area contributed by atoms with E-state index in [0.29, 0.717) is 6.42 Å². The number of carbonyl (C=O) groups is 2. The zero-order valence-electron chi connectivity index (χ0n) is 6.70. The summed E-state index contributed by atoms with van der Waals surface area (Å²) in [6.07, 6.45) is 1.32. The molecule has 4 nitrogen and oxygen atoms in total. The molecular weight excluding hydrogens is 160 g/mol. The molecule has 0 heterocycles. The summed E-state index contributed by atoms with van der Waals surface area (Å²) >= 11 is 0. The molecule has 0 spiro atoms. The van der Waals surface area contributed by atoms with Gasteiger partial charge in [-0.1, -0.05) is 12.8 Å². The van der Waals surface area contributed by atoms with Gasteiger partial charge in [-0.05, 0) is 6.42 Å². The van der Waals surface area contributed by atoms with Gasteiger partial charge in [0.05, 0.1) is 0 Å². The molecule has 0 atom stereocenters. The summed E-state index contributed by atoms with van der Waals surface area (Å²) in [5, 5.41) is 16.7. The van der Waals surface area contributed by atoms with Crippen LogP contribution in [-0.4, -0.2) is 22.2 Å². The summed E-state index contributed by atoms with van der Waals surface area (Å²) in [7, 11) is 0. The summed E-state index contributed by atoms with van der Waals surface area (Å²) in [6.45, 7) is 1.88. The lowest BCUT2D eigenvalue weighted by atomic mass is 10.1. The summed E-state index contributed by atoms with van der Waals surface area (Å²) in [6, 6.07) is 0. The summed E-state index contributed by atoms with van der Waals surface area (Å²) in [5.41, 5.74) is 0. The van der Waals surface area contributed by atoms with E-state index < -0.39 is 17.9 Å². The van der Waals surface area contributed by atoms with Crippen LogP contribution < -0.4 is 0 Å². The normalized spacial score (nSPS) is 8.83. The smallest absolute Gasteiger partial charge is 0.330 e. The Morgan fingerprint density at radius 1 is 1.33 bits per heavy atom. The number of unbranched alkanes of at least 4 members (excludes halogenated alkanes) is 1. The van der Waals surface area contributed by atoms with Crippen molar-refractivity contribution in [3.63, 3.8) is 0 Å². The lowest BCUT2D eigenvalue weighted by molar-refractivity contribution is -0.151. The second-order valence-corrected chi connectivity index (χ2v) is 2.18. The van der Waals surface area contributed by atoms with Crippen molar-refractivity contribution in [2.75, 3.05) is 0 Å². The maximum atomic E-state index is 10.3. The van der Waals surface area contributed by atoms with Crippen molar-refractivity contribution in [2.24, 2.45) is 5.92 Å². The molecule has 0 aromatic rings. The van der Waals surface area contributed by atoms with Crippen molar-refractivity contribution in [1.29, 1.82) is 0 Å². The Morgan fingerprint density at radius 3 is 2.17 bits per heavy atom. The van der Waals surface area contributed by atoms with Crippen LogP contribution in [0.5, 0.6) is 0 Å². The summed E-state index contributed by atoms with van der Waals surface area (Å²) < 4.78 is 0. The minimum atomic E-state index is -1.59. The Hall–Kier alpha value is -1.50. The number of hydrogen-bond donors (Lipinski definition) is 2. The molecule has 0 bridgehead atoms. The average molecular weight is 170 g/mol. The van der Waals surface area contributed by atoms with E-state index in [0.717, 1.165) is 6.42 Å². The molecule has 0 aliphatic carbocycles. The first kappa shape index (κ1) is 10.5. The number of carboxylic acids is 2. The summed E-state index contributed by atoms with van der Waals surface area (Å²) in [4.78, 5) is 20.5. The molecule has 4 heteroatoms. The van der Waals surface area contributed by atoms with Crippen LogP contribution in [0.15, 0.2) is 0 Å². The fraction of sp³-hybridized carbons (Fsp3) is 0.500. The van der Waals surface area contributed by atoms with Gasteiger partial charge in [-0.15, -0.1) is 5.92 Å². The predicted octanol–water partition coefficient (Wildman–Crippen LogP) is 0.575. The van der Waals surface area contributed by atoms with E-state index >= 15 is 0 Å². The topological polar surface area (TPSA) is 74.6 Å². The highest BCUT2D eigenvalue weighted by Gasteiger charge is 2.22. The van der Waals surface area contributed by atoms with E-state index in [1.807, 2.05) is 6.92 Å². The minimum absolute atomic E-state index is 0.525. The molecule has 0 aromatic heterocycles. The number of aliphatic carboxylic acids is 2. The first-order valence-corrected chi connectivity index (χ1v) is 3.53. The van der Waals surface area contributed by atoms with E-state index in [9.17, 15) is 9.59 Å². The van der Waals surface area contributed by atoms with Gasteiger partial charge in [0.15, 0.2) is 0 Å². The third kappa shape index (κ3) is 3.62. The van der Waals surface area contributed by atoms with Crippen LogP contribution in [0.2, 0.25) is 0 Å². The van der Waals surface area contributed by atoms with E-state index in [-0.39, 0.29) is 0 Å². The molecule has 0 amide bonds. The Labute approximate surface area is 70.2 Å². The second-order valence-electron chi connectivity index (χ2n) is 2.18. The fourth-order valence-corrected chi connectivity index (χ4v) is 0.528. The SMILES string of the molecule is CCCC#CC(C(=O)O)C(=O)O. The Kier molecular flexibility index (Phi) is 4.54. The zero-order chi connectivity index (χ0) is 9.56. The maximum Gasteiger partial charge on any atom is 0.330 e. The molecule has 0 saturated carbocycles. The molecule has 2 N–H and O–H groups in total. The first-order chi connectivity index (χ1) is 5.59. The quantitative estimate of drug-likeness (QED) is 0.479. The van der Waals surface area contributed by atoms with Gasteiger partial charge in [-0.25, -0.2) is 0 Å².